The summed E-state index contributed by atoms with van der Waals surface area (Å²) in [5, 5.41) is 29.4. The van der Waals surface area contributed by atoms with Gasteiger partial charge in [-0.2, -0.15) is 0 Å². The van der Waals surface area contributed by atoms with Crippen molar-refractivity contribution < 1.29 is 19.8 Å². The lowest BCUT2D eigenvalue weighted by atomic mass is 9.86. The molecule has 0 amide bonds. The lowest BCUT2D eigenvalue weighted by molar-refractivity contribution is -0.144. The fourth-order valence-electron chi connectivity index (χ4n) is 5.34. The molecule has 35 heavy (non-hydrogen) atoms. The van der Waals surface area contributed by atoms with Crippen molar-refractivity contribution in [3.8, 4) is 0 Å². The Hall–Kier alpha value is -2.61. The predicted octanol–water partition coefficient (Wildman–Crippen LogP) is 3.43. The third-order valence-electron chi connectivity index (χ3n) is 7.30. The lowest BCUT2D eigenvalue weighted by Crippen LogP contribution is -2.27. The second-order valence-electron chi connectivity index (χ2n) is 9.68. The number of halogens is 1. The fraction of sp³-hybridized carbons (Fsp3) is 0.481. The quantitative estimate of drug-likeness (QED) is 0.321. The number of nitrogens with one attached hydrogen (secondary N) is 3. The zero-order valence-electron chi connectivity index (χ0n) is 19.9. The molecule has 2 heterocycles. The molecule has 0 unspecified atom stereocenters. The van der Waals surface area contributed by atoms with Gasteiger partial charge in [-0.15, -0.1) is 12.4 Å². The van der Waals surface area contributed by atoms with Crippen molar-refractivity contribution >= 4 is 30.0 Å². The highest BCUT2D eigenvalue weighted by atomic mass is 35.5. The van der Waals surface area contributed by atoms with Crippen molar-refractivity contribution in [2.75, 3.05) is 31.5 Å². The van der Waals surface area contributed by atoms with E-state index in [4.69, 9.17) is 0 Å². The van der Waals surface area contributed by atoms with E-state index >= 15 is 0 Å². The van der Waals surface area contributed by atoms with Gasteiger partial charge in [0.05, 0.1) is 11.8 Å². The van der Waals surface area contributed by atoms with Gasteiger partial charge >= 0.3 is 11.9 Å². The van der Waals surface area contributed by atoms with Gasteiger partial charge in [0.15, 0.2) is 0 Å². The molecule has 0 aliphatic carbocycles. The number of aliphatic carboxylic acids is 2. The number of anilines is 1. The highest BCUT2D eigenvalue weighted by Gasteiger charge is 2.31. The van der Waals surface area contributed by atoms with Crippen molar-refractivity contribution in [3.63, 3.8) is 0 Å². The first-order valence-electron chi connectivity index (χ1n) is 12.3. The van der Waals surface area contributed by atoms with Crippen LogP contribution in [0.5, 0.6) is 0 Å². The third-order valence-corrected chi connectivity index (χ3v) is 7.30. The van der Waals surface area contributed by atoms with Gasteiger partial charge in [-0.3, -0.25) is 9.59 Å². The molecule has 190 valence electrons. The Morgan fingerprint density at radius 3 is 1.86 bits per heavy atom. The van der Waals surface area contributed by atoms with E-state index in [1.165, 1.54) is 0 Å². The topological polar surface area (TPSA) is 111 Å². The molecule has 8 heteroatoms. The molecule has 2 saturated heterocycles. The number of hydrogen-bond acceptors (Lipinski definition) is 5. The molecule has 2 aromatic rings. The summed E-state index contributed by atoms with van der Waals surface area (Å²) in [7, 11) is 0. The van der Waals surface area contributed by atoms with Crippen molar-refractivity contribution in [1.29, 1.82) is 0 Å². The maximum absolute atomic E-state index is 11.8. The Morgan fingerprint density at radius 2 is 1.34 bits per heavy atom. The van der Waals surface area contributed by atoms with Gasteiger partial charge in [0.1, 0.15) is 0 Å². The molecule has 4 atom stereocenters. The van der Waals surface area contributed by atoms with E-state index in [9.17, 15) is 19.8 Å². The standard InChI is InChI=1S/C27H35N3O4.ClH/c31-26(32)24(21-7-9-28-16-21)13-18-3-1-5-20(11-18)15-30-23-6-2-4-19(12-23)14-25(27(33)34)22-8-10-29-17-22;/h1-6,11-12,21-22,24-25,28-30H,7-10,13-17H2,(H,31,32)(H,33,34);1H/t21-,22-,24-,25-;/m0./s1. The van der Waals surface area contributed by atoms with Crippen LogP contribution in [0.4, 0.5) is 5.69 Å². The van der Waals surface area contributed by atoms with E-state index in [-0.39, 0.29) is 36.1 Å². The number of carbonyl (C=O) groups is 2. The second-order valence-corrected chi connectivity index (χ2v) is 9.68. The van der Waals surface area contributed by atoms with Crippen LogP contribution in [0, 0.1) is 23.7 Å². The number of carboxylic acid groups (broad SMARTS) is 2. The summed E-state index contributed by atoms with van der Waals surface area (Å²) in [5.74, 6) is -1.84. The van der Waals surface area contributed by atoms with E-state index in [1.54, 1.807) is 0 Å². The van der Waals surface area contributed by atoms with E-state index in [2.05, 4.69) is 22.0 Å². The summed E-state index contributed by atoms with van der Waals surface area (Å²) in [5.41, 5.74) is 4.11. The van der Waals surface area contributed by atoms with Gasteiger partial charge in [-0.25, -0.2) is 0 Å². The minimum absolute atomic E-state index is 0. The van der Waals surface area contributed by atoms with Gasteiger partial charge in [-0.1, -0.05) is 36.4 Å². The maximum atomic E-state index is 11.8. The molecular formula is C27H36ClN3O4. The number of carboxylic acids is 2. The summed E-state index contributed by atoms with van der Waals surface area (Å²) in [6.07, 6.45) is 2.89. The van der Waals surface area contributed by atoms with Crippen LogP contribution in [0.1, 0.15) is 29.5 Å². The Balaban J connectivity index is 0.00000342. The Labute approximate surface area is 213 Å². The third kappa shape index (κ3) is 7.43. The normalized spacial score (nSPS) is 21.1. The van der Waals surface area contributed by atoms with Crippen molar-refractivity contribution in [2.45, 2.75) is 32.2 Å². The zero-order valence-corrected chi connectivity index (χ0v) is 20.7. The smallest absolute Gasteiger partial charge is 0.307 e. The summed E-state index contributed by atoms with van der Waals surface area (Å²) >= 11 is 0. The molecule has 0 spiro atoms. The fourth-order valence-corrected chi connectivity index (χ4v) is 5.34. The second kappa shape index (κ2) is 12.9. The Morgan fingerprint density at radius 1 is 0.829 bits per heavy atom. The lowest BCUT2D eigenvalue weighted by Gasteiger charge is -2.19. The average molecular weight is 502 g/mol. The van der Waals surface area contributed by atoms with E-state index in [0.717, 1.165) is 61.4 Å². The first-order chi connectivity index (χ1) is 16.5. The van der Waals surface area contributed by atoms with Crippen LogP contribution in [0.25, 0.3) is 0 Å². The first-order valence-corrected chi connectivity index (χ1v) is 12.3. The first kappa shape index (κ1) is 27.0. The summed E-state index contributed by atoms with van der Waals surface area (Å²) in [4.78, 5) is 23.7. The van der Waals surface area contributed by atoms with Crippen LogP contribution >= 0.6 is 12.4 Å². The van der Waals surface area contributed by atoms with E-state index < -0.39 is 11.9 Å². The zero-order chi connectivity index (χ0) is 23.9. The predicted molar refractivity (Wildman–Crippen MR) is 139 cm³/mol. The molecule has 2 aliphatic rings. The molecule has 2 aromatic carbocycles. The minimum atomic E-state index is -0.725. The highest BCUT2D eigenvalue weighted by molar-refractivity contribution is 5.85. The molecule has 2 aliphatic heterocycles. The molecule has 0 saturated carbocycles. The summed E-state index contributed by atoms with van der Waals surface area (Å²) in [6, 6.07) is 16.1. The average Bonchev–Trinajstić information content (AvgIpc) is 3.55. The van der Waals surface area contributed by atoms with Crippen molar-refractivity contribution in [3.05, 3.63) is 65.2 Å². The molecule has 0 aromatic heterocycles. The molecule has 5 N–H and O–H groups in total. The molecular weight excluding hydrogens is 466 g/mol. The molecule has 2 fully saturated rings. The monoisotopic (exact) mass is 501 g/mol. The Kier molecular flexibility index (Phi) is 9.95. The van der Waals surface area contributed by atoms with Gasteiger partial charge in [0.25, 0.3) is 0 Å². The maximum Gasteiger partial charge on any atom is 0.307 e. The van der Waals surface area contributed by atoms with E-state index in [1.807, 2.05) is 42.5 Å². The molecule has 0 bridgehead atoms. The van der Waals surface area contributed by atoms with Gasteiger partial charge < -0.3 is 26.2 Å². The largest absolute Gasteiger partial charge is 0.481 e. The molecule has 7 nitrogen and oxygen atoms in total. The van der Waals surface area contributed by atoms with Crippen LogP contribution in [-0.2, 0) is 29.0 Å². The van der Waals surface area contributed by atoms with Gasteiger partial charge in [0, 0.05) is 12.2 Å². The number of rotatable bonds is 11. The highest BCUT2D eigenvalue weighted by Crippen LogP contribution is 2.26. The summed E-state index contributed by atoms with van der Waals surface area (Å²) in [6.45, 7) is 3.94. The van der Waals surface area contributed by atoms with Gasteiger partial charge in [-0.05, 0) is 92.5 Å². The van der Waals surface area contributed by atoms with Crippen LogP contribution in [0.3, 0.4) is 0 Å². The van der Waals surface area contributed by atoms with Gasteiger partial charge in [0.2, 0.25) is 0 Å². The summed E-state index contributed by atoms with van der Waals surface area (Å²) < 4.78 is 0. The molecule has 4 rings (SSSR count). The van der Waals surface area contributed by atoms with Crippen molar-refractivity contribution in [1.82, 2.24) is 10.6 Å². The van der Waals surface area contributed by atoms with Crippen LogP contribution in [0.2, 0.25) is 0 Å². The van der Waals surface area contributed by atoms with Crippen LogP contribution in [-0.4, -0.2) is 48.3 Å². The number of benzene rings is 2. The minimum Gasteiger partial charge on any atom is -0.481 e. The molecule has 0 radical (unpaired) electrons. The van der Waals surface area contributed by atoms with Crippen LogP contribution < -0.4 is 16.0 Å². The van der Waals surface area contributed by atoms with Crippen molar-refractivity contribution in [2.24, 2.45) is 23.7 Å². The van der Waals surface area contributed by atoms with Crippen LogP contribution in [0.15, 0.2) is 48.5 Å². The SMILES string of the molecule is Cl.O=C(O)[C@@H](Cc1cccc(CNc2cccc(C[C@H](C(=O)O)[C@H]3CCNC3)c2)c1)[C@H]1CCNC1. The number of hydrogen-bond donors (Lipinski definition) is 5. The Bertz CT molecular complexity index is 910. The van der Waals surface area contributed by atoms with E-state index in [0.29, 0.717) is 19.4 Å².